The van der Waals surface area contributed by atoms with Gasteiger partial charge >= 0.3 is 0 Å². The molecular formula is C10H12N2O4S. The van der Waals surface area contributed by atoms with Gasteiger partial charge in [0.2, 0.25) is 5.91 Å². The molecule has 0 unspecified atom stereocenters. The number of benzene rings is 1. The molecule has 0 aromatic heterocycles. The summed E-state index contributed by atoms with van der Waals surface area (Å²) in [4.78, 5) is 21.8. The molecule has 0 atom stereocenters. The van der Waals surface area contributed by atoms with Gasteiger partial charge in [0.25, 0.3) is 5.69 Å². The number of carbonyl (C=O) groups excluding carboxylic acids is 1. The number of nitrogens with one attached hydrogen (secondary N) is 1. The third kappa shape index (κ3) is 4.04. The Morgan fingerprint density at radius 3 is 2.82 bits per heavy atom. The van der Waals surface area contributed by atoms with Crippen LogP contribution in [0.4, 0.5) is 11.4 Å². The smallest absolute Gasteiger partial charge is 0.271 e. The molecule has 0 fully saturated rings. The molecule has 0 spiro atoms. The molecule has 17 heavy (non-hydrogen) atoms. The van der Waals surface area contributed by atoms with Crippen LogP contribution in [0.25, 0.3) is 0 Å². The molecule has 1 amide bonds. The maximum absolute atomic E-state index is 11.0. The van der Waals surface area contributed by atoms with Crippen LogP contribution in [0.3, 0.4) is 0 Å². The predicted octanol–water partition coefficient (Wildman–Crippen LogP) is 1.64. The van der Waals surface area contributed by atoms with Crippen LogP contribution >= 0.6 is 11.8 Å². The van der Waals surface area contributed by atoms with E-state index in [0.717, 1.165) is 0 Å². The van der Waals surface area contributed by atoms with Crippen molar-refractivity contribution in [3.05, 3.63) is 28.3 Å². The highest BCUT2D eigenvalue weighted by atomic mass is 32.2. The number of nitrogens with zero attached hydrogens (tertiary/aromatic N) is 1. The zero-order valence-corrected chi connectivity index (χ0v) is 9.99. The van der Waals surface area contributed by atoms with Gasteiger partial charge in [-0.2, -0.15) is 0 Å². The molecule has 0 aliphatic carbocycles. The van der Waals surface area contributed by atoms with E-state index in [1.165, 1.54) is 30.8 Å². The van der Waals surface area contributed by atoms with Crippen LogP contribution in [0.1, 0.15) is 6.92 Å². The monoisotopic (exact) mass is 256 g/mol. The first kappa shape index (κ1) is 13.5. The zero-order chi connectivity index (χ0) is 12.8. The number of nitro benzene ring substituents is 1. The topological polar surface area (TPSA) is 92.5 Å². The van der Waals surface area contributed by atoms with E-state index in [2.05, 4.69) is 5.32 Å². The van der Waals surface area contributed by atoms with Crippen LogP contribution in [0.5, 0.6) is 0 Å². The fourth-order valence-electron chi connectivity index (χ4n) is 1.20. The number of amides is 1. The van der Waals surface area contributed by atoms with Crippen molar-refractivity contribution >= 4 is 29.0 Å². The zero-order valence-electron chi connectivity index (χ0n) is 9.17. The van der Waals surface area contributed by atoms with E-state index in [-0.39, 0.29) is 18.2 Å². The highest BCUT2D eigenvalue weighted by Gasteiger charge is 2.11. The van der Waals surface area contributed by atoms with Crippen LogP contribution in [0.2, 0.25) is 0 Å². The SMILES string of the molecule is CC(=O)Nc1cc([N+](=O)[O-])ccc1SCCO. The van der Waals surface area contributed by atoms with Crippen LogP contribution < -0.4 is 5.32 Å². The fraction of sp³-hybridized carbons (Fsp3) is 0.300. The molecule has 6 nitrogen and oxygen atoms in total. The van der Waals surface area contributed by atoms with Crippen molar-refractivity contribution in [1.29, 1.82) is 0 Å². The number of aliphatic hydroxyl groups is 1. The van der Waals surface area contributed by atoms with Crippen LogP contribution in [-0.2, 0) is 4.79 Å². The molecule has 0 heterocycles. The van der Waals surface area contributed by atoms with Gasteiger partial charge < -0.3 is 10.4 Å². The Morgan fingerprint density at radius 2 is 2.29 bits per heavy atom. The highest BCUT2D eigenvalue weighted by Crippen LogP contribution is 2.30. The van der Waals surface area contributed by atoms with Crippen LogP contribution in [0, 0.1) is 10.1 Å². The summed E-state index contributed by atoms with van der Waals surface area (Å²) in [6.45, 7) is 1.33. The lowest BCUT2D eigenvalue weighted by Gasteiger charge is -2.08. The number of rotatable bonds is 5. The van der Waals surface area contributed by atoms with E-state index in [0.29, 0.717) is 16.3 Å². The minimum atomic E-state index is -0.522. The number of aliphatic hydroxyl groups excluding tert-OH is 1. The van der Waals surface area contributed by atoms with Gasteiger partial charge in [-0.1, -0.05) is 0 Å². The Labute approximate surface area is 102 Å². The van der Waals surface area contributed by atoms with Gasteiger partial charge in [-0.15, -0.1) is 11.8 Å². The summed E-state index contributed by atoms with van der Waals surface area (Å²) in [7, 11) is 0. The van der Waals surface area contributed by atoms with Gasteiger partial charge in [0, 0.05) is 29.7 Å². The number of nitro groups is 1. The maximum Gasteiger partial charge on any atom is 0.271 e. The summed E-state index contributed by atoms with van der Waals surface area (Å²) in [6.07, 6.45) is 0. The summed E-state index contributed by atoms with van der Waals surface area (Å²) in [5, 5.41) is 21.9. The Hall–Kier alpha value is -1.60. The Morgan fingerprint density at radius 1 is 1.59 bits per heavy atom. The molecular weight excluding hydrogens is 244 g/mol. The first-order valence-electron chi connectivity index (χ1n) is 4.84. The van der Waals surface area contributed by atoms with Gasteiger partial charge in [-0.3, -0.25) is 14.9 Å². The average Bonchev–Trinajstić information content (AvgIpc) is 2.26. The van der Waals surface area contributed by atoms with E-state index in [9.17, 15) is 14.9 Å². The Kier molecular flexibility index (Phi) is 4.92. The molecule has 1 aromatic carbocycles. The summed E-state index contributed by atoms with van der Waals surface area (Å²) < 4.78 is 0. The lowest BCUT2D eigenvalue weighted by molar-refractivity contribution is -0.384. The van der Waals surface area contributed by atoms with Crippen molar-refractivity contribution in [2.45, 2.75) is 11.8 Å². The van der Waals surface area contributed by atoms with Crippen molar-refractivity contribution in [3.8, 4) is 0 Å². The van der Waals surface area contributed by atoms with Crippen molar-refractivity contribution in [2.75, 3.05) is 17.7 Å². The molecule has 0 saturated heterocycles. The van der Waals surface area contributed by atoms with Crippen LogP contribution in [-0.4, -0.2) is 28.3 Å². The number of carbonyl (C=O) groups is 1. The average molecular weight is 256 g/mol. The number of non-ortho nitro benzene ring substituents is 1. The maximum atomic E-state index is 11.0. The van der Waals surface area contributed by atoms with Crippen molar-refractivity contribution < 1.29 is 14.8 Å². The molecule has 1 aromatic rings. The second-order valence-electron chi connectivity index (χ2n) is 3.19. The molecule has 2 N–H and O–H groups in total. The summed E-state index contributed by atoms with van der Waals surface area (Å²) in [5.41, 5.74) is 0.312. The first-order chi connectivity index (χ1) is 8.04. The van der Waals surface area contributed by atoms with Gasteiger partial charge in [0.05, 0.1) is 17.2 Å². The van der Waals surface area contributed by atoms with Gasteiger partial charge in [0.1, 0.15) is 0 Å². The van der Waals surface area contributed by atoms with Crippen LogP contribution in [0.15, 0.2) is 23.1 Å². The quantitative estimate of drug-likeness (QED) is 0.474. The molecule has 0 radical (unpaired) electrons. The summed E-state index contributed by atoms with van der Waals surface area (Å²) in [5.74, 6) is 0.168. The number of hydrogen-bond donors (Lipinski definition) is 2. The minimum absolute atomic E-state index is 0.00116. The molecule has 7 heteroatoms. The fourth-order valence-corrected chi connectivity index (χ4v) is 1.94. The third-order valence-corrected chi connectivity index (χ3v) is 2.89. The van der Waals surface area contributed by atoms with Crippen molar-refractivity contribution in [3.63, 3.8) is 0 Å². The molecule has 0 aliphatic rings. The number of hydrogen-bond acceptors (Lipinski definition) is 5. The lowest BCUT2D eigenvalue weighted by Crippen LogP contribution is -2.07. The first-order valence-corrected chi connectivity index (χ1v) is 5.83. The molecule has 0 aliphatic heterocycles. The Bertz CT molecular complexity index is 436. The standard InChI is InChI=1S/C10H12N2O4S/c1-7(14)11-9-6-8(12(15)16)2-3-10(9)17-5-4-13/h2-3,6,13H,4-5H2,1H3,(H,11,14). The highest BCUT2D eigenvalue weighted by molar-refractivity contribution is 7.99. The lowest BCUT2D eigenvalue weighted by atomic mass is 10.3. The van der Waals surface area contributed by atoms with E-state index in [1.54, 1.807) is 6.07 Å². The predicted molar refractivity (Wildman–Crippen MR) is 65.2 cm³/mol. The normalized spacial score (nSPS) is 10.0. The summed E-state index contributed by atoms with van der Waals surface area (Å²) in [6, 6.07) is 4.23. The van der Waals surface area contributed by atoms with Gasteiger partial charge in [-0.05, 0) is 6.07 Å². The van der Waals surface area contributed by atoms with E-state index in [4.69, 9.17) is 5.11 Å². The Balaban J connectivity index is 3.02. The minimum Gasteiger partial charge on any atom is -0.396 e. The summed E-state index contributed by atoms with van der Waals surface area (Å²) >= 11 is 1.32. The third-order valence-electron chi connectivity index (χ3n) is 1.83. The second kappa shape index (κ2) is 6.21. The number of thioether (sulfide) groups is 1. The largest absolute Gasteiger partial charge is 0.396 e. The van der Waals surface area contributed by atoms with Gasteiger partial charge in [-0.25, -0.2) is 0 Å². The molecule has 0 saturated carbocycles. The van der Waals surface area contributed by atoms with Crippen molar-refractivity contribution in [2.24, 2.45) is 0 Å². The van der Waals surface area contributed by atoms with E-state index < -0.39 is 4.92 Å². The van der Waals surface area contributed by atoms with Crippen molar-refractivity contribution in [1.82, 2.24) is 0 Å². The molecule has 1 rings (SSSR count). The molecule has 92 valence electrons. The van der Waals surface area contributed by atoms with E-state index >= 15 is 0 Å². The second-order valence-corrected chi connectivity index (χ2v) is 4.33. The van der Waals surface area contributed by atoms with Gasteiger partial charge in [0.15, 0.2) is 0 Å². The number of anilines is 1. The van der Waals surface area contributed by atoms with E-state index in [1.807, 2.05) is 0 Å². The molecule has 0 bridgehead atoms.